The van der Waals surface area contributed by atoms with E-state index in [4.69, 9.17) is 11.6 Å². The molecule has 92 valence electrons. The van der Waals surface area contributed by atoms with E-state index in [1.165, 1.54) is 0 Å². The summed E-state index contributed by atoms with van der Waals surface area (Å²) in [5.74, 6) is 0.491. The molecule has 1 aliphatic rings. The summed E-state index contributed by atoms with van der Waals surface area (Å²) in [6, 6.07) is 5.18. The van der Waals surface area contributed by atoms with Crippen LogP contribution in [0, 0.1) is 5.92 Å². The van der Waals surface area contributed by atoms with Crippen LogP contribution in [-0.4, -0.2) is 25.5 Å². The highest BCUT2D eigenvalue weighted by Crippen LogP contribution is 2.21. The second-order valence-corrected chi connectivity index (χ2v) is 5.48. The van der Waals surface area contributed by atoms with Gasteiger partial charge in [-0.05, 0) is 59.6 Å². The zero-order valence-electron chi connectivity index (χ0n) is 9.30. The summed E-state index contributed by atoms with van der Waals surface area (Å²) in [5.41, 5.74) is 0.625. The lowest BCUT2D eigenvalue weighted by molar-refractivity contribution is 0.0947. The van der Waals surface area contributed by atoms with Gasteiger partial charge in [-0.25, -0.2) is 0 Å². The predicted molar refractivity (Wildman–Crippen MR) is 72.5 cm³/mol. The Morgan fingerprint density at radius 3 is 3.06 bits per heavy atom. The van der Waals surface area contributed by atoms with Crippen LogP contribution in [-0.2, 0) is 0 Å². The molecule has 0 spiro atoms. The van der Waals surface area contributed by atoms with Crippen molar-refractivity contribution in [3.05, 3.63) is 33.3 Å². The first-order chi connectivity index (χ1) is 8.16. The first-order valence-corrected chi connectivity index (χ1v) is 6.78. The van der Waals surface area contributed by atoms with Crippen LogP contribution in [0.5, 0.6) is 0 Å². The Kier molecular flexibility index (Phi) is 4.42. The van der Waals surface area contributed by atoms with E-state index in [-0.39, 0.29) is 5.91 Å². The zero-order chi connectivity index (χ0) is 12.3. The molecule has 1 aliphatic heterocycles. The first kappa shape index (κ1) is 12.9. The lowest BCUT2D eigenvalue weighted by atomic mass is 10.1. The van der Waals surface area contributed by atoms with Crippen LogP contribution < -0.4 is 10.6 Å². The van der Waals surface area contributed by atoms with Crippen molar-refractivity contribution in [1.82, 2.24) is 10.6 Å². The van der Waals surface area contributed by atoms with E-state index in [9.17, 15) is 4.79 Å². The molecule has 1 fully saturated rings. The van der Waals surface area contributed by atoms with Crippen molar-refractivity contribution in [2.75, 3.05) is 19.6 Å². The molecule has 1 saturated heterocycles. The van der Waals surface area contributed by atoms with E-state index < -0.39 is 0 Å². The van der Waals surface area contributed by atoms with E-state index in [1.807, 2.05) is 0 Å². The Morgan fingerprint density at radius 2 is 2.41 bits per heavy atom. The molecule has 1 aromatic rings. The van der Waals surface area contributed by atoms with Crippen molar-refractivity contribution in [3.63, 3.8) is 0 Å². The van der Waals surface area contributed by atoms with Gasteiger partial charge in [0.05, 0.1) is 5.56 Å². The Labute approximate surface area is 114 Å². The van der Waals surface area contributed by atoms with Gasteiger partial charge >= 0.3 is 0 Å². The molecule has 1 amide bonds. The highest BCUT2D eigenvalue weighted by Gasteiger charge is 2.16. The van der Waals surface area contributed by atoms with Gasteiger partial charge in [-0.3, -0.25) is 4.79 Å². The van der Waals surface area contributed by atoms with Gasteiger partial charge in [-0.15, -0.1) is 0 Å². The average Bonchev–Trinajstić information content (AvgIpc) is 2.78. The maximum Gasteiger partial charge on any atom is 0.252 e. The quantitative estimate of drug-likeness (QED) is 0.899. The molecule has 0 aliphatic carbocycles. The number of carbonyl (C=O) groups excluding carboxylic acids is 1. The van der Waals surface area contributed by atoms with E-state index in [2.05, 4.69) is 26.6 Å². The summed E-state index contributed by atoms with van der Waals surface area (Å²) in [6.07, 6.45) is 1.13. The van der Waals surface area contributed by atoms with Crippen LogP contribution in [0.2, 0.25) is 5.02 Å². The van der Waals surface area contributed by atoms with Gasteiger partial charge in [0.15, 0.2) is 0 Å². The van der Waals surface area contributed by atoms with Crippen LogP contribution >= 0.6 is 27.5 Å². The molecular weight excluding hydrogens is 304 g/mol. The van der Waals surface area contributed by atoms with Gasteiger partial charge in [0.25, 0.3) is 5.91 Å². The third-order valence-electron chi connectivity index (χ3n) is 2.89. The first-order valence-electron chi connectivity index (χ1n) is 5.61. The lowest BCUT2D eigenvalue weighted by Gasteiger charge is -2.11. The topological polar surface area (TPSA) is 41.1 Å². The van der Waals surface area contributed by atoms with Gasteiger partial charge in [0.1, 0.15) is 0 Å². The minimum absolute atomic E-state index is 0.0551. The molecule has 0 aromatic heterocycles. The molecule has 5 heteroatoms. The van der Waals surface area contributed by atoms with Crippen molar-refractivity contribution < 1.29 is 4.79 Å². The Balaban J connectivity index is 1.94. The van der Waals surface area contributed by atoms with Crippen molar-refractivity contribution >= 4 is 33.4 Å². The zero-order valence-corrected chi connectivity index (χ0v) is 11.6. The number of hydrogen-bond donors (Lipinski definition) is 2. The molecule has 1 unspecified atom stereocenters. The second-order valence-electron chi connectivity index (χ2n) is 4.19. The monoisotopic (exact) mass is 316 g/mol. The van der Waals surface area contributed by atoms with Crippen molar-refractivity contribution in [2.45, 2.75) is 6.42 Å². The minimum Gasteiger partial charge on any atom is -0.352 e. The average molecular weight is 318 g/mol. The molecular formula is C12H14BrClN2O. The SMILES string of the molecule is O=C(NCC1CCNC1)c1ccc(Cl)cc1Br. The fourth-order valence-electron chi connectivity index (χ4n) is 1.89. The highest BCUT2D eigenvalue weighted by atomic mass is 79.9. The van der Waals surface area contributed by atoms with Crippen LogP contribution in [0.3, 0.4) is 0 Å². The predicted octanol–water partition coefficient (Wildman–Crippen LogP) is 2.44. The number of nitrogens with one attached hydrogen (secondary N) is 2. The second kappa shape index (κ2) is 5.85. The molecule has 2 N–H and O–H groups in total. The van der Waals surface area contributed by atoms with Gasteiger partial charge in [-0.1, -0.05) is 11.6 Å². The molecule has 1 aromatic carbocycles. The molecule has 1 atom stereocenters. The van der Waals surface area contributed by atoms with E-state index >= 15 is 0 Å². The summed E-state index contributed by atoms with van der Waals surface area (Å²) in [6.45, 7) is 2.76. The molecule has 0 saturated carbocycles. The van der Waals surface area contributed by atoms with Crippen LogP contribution in [0.25, 0.3) is 0 Å². The molecule has 0 bridgehead atoms. The van der Waals surface area contributed by atoms with Crippen molar-refractivity contribution in [3.8, 4) is 0 Å². The van der Waals surface area contributed by atoms with Gasteiger partial charge in [0.2, 0.25) is 0 Å². The number of hydrogen-bond acceptors (Lipinski definition) is 2. The third-order valence-corrected chi connectivity index (χ3v) is 3.78. The maximum absolute atomic E-state index is 11.9. The summed E-state index contributed by atoms with van der Waals surface area (Å²) in [5, 5.41) is 6.84. The summed E-state index contributed by atoms with van der Waals surface area (Å²) < 4.78 is 0.729. The van der Waals surface area contributed by atoms with Crippen molar-refractivity contribution in [1.29, 1.82) is 0 Å². The van der Waals surface area contributed by atoms with E-state index in [0.29, 0.717) is 16.5 Å². The van der Waals surface area contributed by atoms with Gasteiger partial charge < -0.3 is 10.6 Å². The van der Waals surface area contributed by atoms with Crippen LogP contribution in [0.15, 0.2) is 22.7 Å². The number of carbonyl (C=O) groups is 1. The fourth-order valence-corrected chi connectivity index (χ4v) is 2.76. The van der Waals surface area contributed by atoms with Gasteiger partial charge in [-0.2, -0.15) is 0 Å². The maximum atomic E-state index is 11.9. The van der Waals surface area contributed by atoms with Gasteiger partial charge in [0, 0.05) is 16.0 Å². The molecule has 1 heterocycles. The summed E-state index contributed by atoms with van der Waals surface area (Å²) >= 11 is 9.18. The minimum atomic E-state index is -0.0551. The summed E-state index contributed by atoms with van der Waals surface area (Å²) in [7, 11) is 0. The molecule has 3 nitrogen and oxygen atoms in total. The number of benzene rings is 1. The van der Waals surface area contributed by atoms with Crippen LogP contribution in [0.4, 0.5) is 0 Å². The normalized spacial score (nSPS) is 19.3. The standard InChI is InChI=1S/C12H14BrClN2O/c13-11-5-9(14)1-2-10(11)12(17)16-7-8-3-4-15-6-8/h1-2,5,8,15H,3-4,6-7H2,(H,16,17). The van der Waals surface area contributed by atoms with Crippen LogP contribution in [0.1, 0.15) is 16.8 Å². The number of amides is 1. The third kappa shape index (κ3) is 3.44. The van der Waals surface area contributed by atoms with Crippen molar-refractivity contribution in [2.24, 2.45) is 5.92 Å². The smallest absolute Gasteiger partial charge is 0.252 e. The molecule has 2 rings (SSSR count). The Hall–Kier alpha value is -0.580. The number of halogens is 2. The van der Waals surface area contributed by atoms with E-state index in [1.54, 1.807) is 18.2 Å². The summed E-state index contributed by atoms with van der Waals surface area (Å²) in [4.78, 5) is 11.9. The molecule has 17 heavy (non-hydrogen) atoms. The highest BCUT2D eigenvalue weighted by molar-refractivity contribution is 9.10. The number of rotatable bonds is 3. The van der Waals surface area contributed by atoms with E-state index in [0.717, 1.165) is 30.5 Å². The Morgan fingerprint density at radius 1 is 1.59 bits per heavy atom. The fraction of sp³-hybridized carbons (Fsp3) is 0.417. The lowest BCUT2D eigenvalue weighted by Crippen LogP contribution is -2.30. The Bertz CT molecular complexity index is 419. The largest absolute Gasteiger partial charge is 0.352 e. The molecule has 0 radical (unpaired) electrons.